The fraction of sp³-hybridized carbons (Fsp3) is 0.273. The van der Waals surface area contributed by atoms with Gasteiger partial charge in [0.25, 0.3) is 0 Å². The maximum absolute atomic E-state index is 12.2. The Morgan fingerprint density at radius 1 is 1.50 bits per heavy atom. The van der Waals surface area contributed by atoms with Crippen molar-refractivity contribution in [2.45, 2.75) is 6.92 Å². The van der Waals surface area contributed by atoms with Crippen molar-refractivity contribution in [2.75, 3.05) is 6.61 Å². The van der Waals surface area contributed by atoms with Gasteiger partial charge in [-0.15, -0.1) is 0 Å². The SMILES string of the molecule is CCOC(=O)C1C=Nc2ncc(OB(O)O)cc2C1=O. The van der Waals surface area contributed by atoms with E-state index in [4.69, 9.17) is 14.8 Å². The van der Waals surface area contributed by atoms with E-state index in [1.54, 1.807) is 6.92 Å². The Morgan fingerprint density at radius 3 is 2.90 bits per heavy atom. The van der Waals surface area contributed by atoms with Crippen LogP contribution in [0.15, 0.2) is 17.3 Å². The second-order valence-electron chi connectivity index (χ2n) is 3.86. The minimum atomic E-state index is -2.03. The zero-order valence-electron chi connectivity index (χ0n) is 10.5. The maximum Gasteiger partial charge on any atom is 0.707 e. The molecule has 20 heavy (non-hydrogen) atoms. The summed E-state index contributed by atoms with van der Waals surface area (Å²) in [6.45, 7) is 1.79. The molecule has 8 nitrogen and oxygen atoms in total. The summed E-state index contributed by atoms with van der Waals surface area (Å²) in [5.74, 6) is -2.24. The number of esters is 1. The first-order valence-electron chi connectivity index (χ1n) is 5.80. The quantitative estimate of drug-likeness (QED) is 0.433. The minimum Gasteiger partial charge on any atom is -0.511 e. The highest BCUT2D eigenvalue weighted by Gasteiger charge is 2.33. The number of carbonyl (C=O) groups excluding carboxylic acids is 2. The van der Waals surface area contributed by atoms with Gasteiger partial charge in [0.05, 0.1) is 18.4 Å². The molecule has 2 heterocycles. The summed E-state index contributed by atoms with van der Waals surface area (Å²) >= 11 is 0. The Bertz CT molecular complexity index is 574. The number of aliphatic imine (C=N–C) groups is 1. The molecule has 1 atom stereocenters. The molecular formula is C11H11BN2O6. The fourth-order valence-electron chi connectivity index (χ4n) is 1.69. The number of ether oxygens (including phenoxy) is 1. The Hall–Kier alpha value is -2.26. The molecule has 0 amide bonds. The second kappa shape index (κ2) is 5.80. The van der Waals surface area contributed by atoms with Crippen LogP contribution < -0.4 is 4.65 Å². The van der Waals surface area contributed by atoms with Crippen molar-refractivity contribution in [1.29, 1.82) is 0 Å². The molecule has 0 aromatic carbocycles. The van der Waals surface area contributed by atoms with E-state index >= 15 is 0 Å². The molecule has 2 rings (SSSR count). The number of hydrogen-bond acceptors (Lipinski definition) is 8. The van der Waals surface area contributed by atoms with Crippen molar-refractivity contribution in [1.82, 2.24) is 4.98 Å². The molecule has 0 fully saturated rings. The fourth-order valence-corrected chi connectivity index (χ4v) is 1.69. The van der Waals surface area contributed by atoms with Crippen LogP contribution in [0.4, 0.5) is 5.82 Å². The Labute approximate surface area is 114 Å². The van der Waals surface area contributed by atoms with E-state index in [0.717, 1.165) is 0 Å². The summed E-state index contributed by atoms with van der Waals surface area (Å²) in [5.41, 5.74) is 0.0590. The summed E-state index contributed by atoms with van der Waals surface area (Å²) in [7, 11) is -2.03. The molecule has 0 radical (unpaired) electrons. The molecule has 0 saturated carbocycles. The van der Waals surface area contributed by atoms with Gasteiger partial charge >= 0.3 is 13.3 Å². The normalized spacial score (nSPS) is 16.6. The molecule has 1 unspecified atom stereocenters. The smallest absolute Gasteiger partial charge is 0.511 e. The van der Waals surface area contributed by atoms with E-state index in [0.29, 0.717) is 0 Å². The van der Waals surface area contributed by atoms with Gasteiger partial charge in [0.15, 0.2) is 17.5 Å². The predicted octanol–water partition coefficient (Wildman–Crippen LogP) is -0.492. The largest absolute Gasteiger partial charge is 0.707 e. The van der Waals surface area contributed by atoms with Crippen LogP contribution >= 0.6 is 0 Å². The first-order valence-corrected chi connectivity index (χ1v) is 5.80. The number of pyridine rings is 1. The van der Waals surface area contributed by atoms with E-state index < -0.39 is 25.0 Å². The average Bonchev–Trinajstić information content (AvgIpc) is 2.39. The average molecular weight is 278 g/mol. The zero-order chi connectivity index (χ0) is 14.7. The maximum atomic E-state index is 12.2. The number of carbonyl (C=O) groups is 2. The summed E-state index contributed by atoms with van der Waals surface area (Å²) in [6.07, 6.45) is 2.37. The Kier molecular flexibility index (Phi) is 4.11. The van der Waals surface area contributed by atoms with Crippen LogP contribution in [0.3, 0.4) is 0 Å². The monoisotopic (exact) mass is 278 g/mol. The molecule has 1 aromatic rings. The number of aromatic nitrogens is 1. The van der Waals surface area contributed by atoms with Crippen molar-refractivity contribution in [3.05, 3.63) is 17.8 Å². The highest BCUT2D eigenvalue weighted by Crippen LogP contribution is 2.27. The molecule has 0 bridgehead atoms. The third-order valence-electron chi connectivity index (χ3n) is 2.52. The van der Waals surface area contributed by atoms with Gasteiger partial charge in [0.1, 0.15) is 5.75 Å². The summed E-state index contributed by atoms with van der Waals surface area (Å²) < 4.78 is 9.38. The molecular weight excluding hydrogens is 267 g/mol. The Balaban J connectivity index is 2.29. The van der Waals surface area contributed by atoms with Crippen molar-refractivity contribution in [3.63, 3.8) is 0 Å². The predicted molar refractivity (Wildman–Crippen MR) is 67.7 cm³/mol. The van der Waals surface area contributed by atoms with Crippen LogP contribution in [-0.2, 0) is 9.53 Å². The molecule has 9 heteroatoms. The molecule has 1 aromatic heterocycles. The van der Waals surface area contributed by atoms with Crippen molar-refractivity contribution >= 4 is 31.1 Å². The third-order valence-corrected chi connectivity index (χ3v) is 2.52. The van der Waals surface area contributed by atoms with Crippen LogP contribution in [0, 0.1) is 5.92 Å². The molecule has 1 aliphatic rings. The lowest BCUT2D eigenvalue weighted by Crippen LogP contribution is -2.30. The number of nitrogens with zero attached hydrogens (tertiary/aromatic N) is 2. The van der Waals surface area contributed by atoms with Crippen molar-refractivity contribution in [3.8, 4) is 5.75 Å². The van der Waals surface area contributed by atoms with Gasteiger partial charge in [0, 0.05) is 6.21 Å². The lowest BCUT2D eigenvalue weighted by Gasteiger charge is -2.16. The molecule has 1 aliphatic heterocycles. The van der Waals surface area contributed by atoms with Gasteiger partial charge in [-0.2, -0.15) is 0 Å². The van der Waals surface area contributed by atoms with Crippen LogP contribution in [0.25, 0.3) is 0 Å². The van der Waals surface area contributed by atoms with E-state index in [1.807, 2.05) is 0 Å². The number of fused-ring (bicyclic) bond motifs is 1. The van der Waals surface area contributed by atoms with Crippen LogP contribution in [0.2, 0.25) is 0 Å². The molecule has 2 N–H and O–H groups in total. The Morgan fingerprint density at radius 2 is 2.25 bits per heavy atom. The van der Waals surface area contributed by atoms with Gasteiger partial charge in [-0.1, -0.05) is 0 Å². The first kappa shape index (κ1) is 14.2. The number of rotatable bonds is 4. The van der Waals surface area contributed by atoms with E-state index in [-0.39, 0.29) is 23.7 Å². The van der Waals surface area contributed by atoms with Gasteiger partial charge in [-0.25, -0.2) is 9.98 Å². The highest BCUT2D eigenvalue weighted by molar-refractivity contribution is 6.33. The third kappa shape index (κ3) is 2.84. The van der Waals surface area contributed by atoms with Gasteiger partial charge in [0.2, 0.25) is 0 Å². The summed E-state index contributed by atoms with van der Waals surface area (Å²) in [5, 5.41) is 17.4. The first-order chi connectivity index (χ1) is 9.52. The molecule has 104 valence electrons. The number of ketones is 1. The van der Waals surface area contributed by atoms with Crippen molar-refractivity contribution < 1.29 is 29.0 Å². The minimum absolute atomic E-state index is 0.0215. The van der Waals surface area contributed by atoms with Gasteiger partial charge < -0.3 is 19.4 Å². The lowest BCUT2D eigenvalue weighted by atomic mass is 9.96. The highest BCUT2D eigenvalue weighted by atomic mass is 16.6. The topological polar surface area (TPSA) is 118 Å². The number of Topliss-reactive ketones (excluding diaryl/α,β-unsaturated/α-hetero) is 1. The van der Waals surface area contributed by atoms with E-state index in [1.165, 1.54) is 18.5 Å². The molecule has 0 aliphatic carbocycles. The van der Waals surface area contributed by atoms with E-state index in [2.05, 4.69) is 14.6 Å². The van der Waals surface area contributed by atoms with Gasteiger partial charge in [-0.05, 0) is 13.0 Å². The zero-order valence-corrected chi connectivity index (χ0v) is 10.5. The van der Waals surface area contributed by atoms with Crippen LogP contribution in [0.1, 0.15) is 17.3 Å². The standard InChI is InChI=1S/C11H11BN2O6/c1-2-19-11(16)8-5-14-10-7(9(8)15)3-6(4-13-10)20-12(17)18/h3-5,8,17-18H,2H2,1H3. The summed E-state index contributed by atoms with van der Waals surface area (Å²) in [4.78, 5) is 31.5. The van der Waals surface area contributed by atoms with Crippen LogP contribution in [-0.4, -0.2) is 46.9 Å². The van der Waals surface area contributed by atoms with Gasteiger partial charge in [-0.3, -0.25) is 9.59 Å². The number of hydrogen-bond donors (Lipinski definition) is 2. The van der Waals surface area contributed by atoms with Crippen LogP contribution in [0.5, 0.6) is 5.75 Å². The second-order valence-corrected chi connectivity index (χ2v) is 3.86. The van der Waals surface area contributed by atoms with Crippen molar-refractivity contribution in [2.24, 2.45) is 10.9 Å². The molecule has 0 saturated heterocycles. The molecule has 0 spiro atoms. The lowest BCUT2D eigenvalue weighted by molar-refractivity contribution is -0.144. The summed E-state index contributed by atoms with van der Waals surface area (Å²) in [6, 6.07) is 1.24. The van der Waals surface area contributed by atoms with E-state index in [9.17, 15) is 9.59 Å².